The van der Waals surface area contributed by atoms with E-state index in [1.54, 1.807) is 7.11 Å². The summed E-state index contributed by atoms with van der Waals surface area (Å²) in [5.74, 6) is 2.93. The van der Waals surface area contributed by atoms with Crippen LogP contribution >= 0.6 is 0 Å². The van der Waals surface area contributed by atoms with Crippen molar-refractivity contribution in [2.45, 2.75) is 25.7 Å². The third-order valence-electron chi connectivity index (χ3n) is 3.87. The van der Waals surface area contributed by atoms with Crippen LogP contribution in [0.4, 0.5) is 0 Å². The van der Waals surface area contributed by atoms with Gasteiger partial charge in [0.05, 0.1) is 13.7 Å². The molecule has 1 fully saturated rings. The first-order valence-corrected chi connectivity index (χ1v) is 6.80. The van der Waals surface area contributed by atoms with Crippen molar-refractivity contribution in [1.29, 1.82) is 0 Å². The molecule has 0 amide bonds. The number of methoxy groups -OCH3 is 1. The topological polar surface area (TPSA) is 44.5 Å². The molecule has 1 aliphatic carbocycles. The Kier molecular flexibility index (Phi) is 4.88. The van der Waals surface area contributed by atoms with Gasteiger partial charge in [-0.05, 0) is 24.6 Å². The van der Waals surface area contributed by atoms with Crippen molar-refractivity contribution < 1.29 is 9.47 Å². The fourth-order valence-corrected chi connectivity index (χ4v) is 2.72. The molecule has 2 N–H and O–H groups in total. The van der Waals surface area contributed by atoms with E-state index in [9.17, 15) is 0 Å². The van der Waals surface area contributed by atoms with E-state index < -0.39 is 0 Å². The summed E-state index contributed by atoms with van der Waals surface area (Å²) in [7, 11) is 1.67. The fraction of sp³-hybridized carbons (Fsp3) is 0.600. The lowest BCUT2D eigenvalue weighted by Gasteiger charge is -2.22. The highest BCUT2D eigenvalue weighted by Gasteiger charge is 2.24. The third kappa shape index (κ3) is 3.39. The number of rotatable bonds is 6. The van der Waals surface area contributed by atoms with Crippen LogP contribution in [-0.2, 0) is 0 Å². The van der Waals surface area contributed by atoms with Crippen LogP contribution in [0, 0.1) is 11.8 Å². The van der Waals surface area contributed by atoms with Crippen molar-refractivity contribution in [3.05, 3.63) is 24.3 Å². The Morgan fingerprint density at radius 3 is 2.67 bits per heavy atom. The van der Waals surface area contributed by atoms with E-state index in [1.807, 2.05) is 24.3 Å². The van der Waals surface area contributed by atoms with Crippen molar-refractivity contribution in [2.75, 3.05) is 20.3 Å². The molecule has 1 aromatic carbocycles. The van der Waals surface area contributed by atoms with Gasteiger partial charge in [-0.25, -0.2) is 0 Å². The highest BCUT2D eigenvalue weighted by atomic mass is 16.5. The second kappa shape index (κ2) is 6.64. The summed E-state index contributed by atoms with van der Waals surface area (Å²) < 4.78 is 11.0. The second-order valence-corrected chi connectivity index (χ2v) is 5.03. The van der Waals surface area contributed by atoms with Crippen LogP contribution in [0.2, 0.25) is 0 Å². The molecule has 1 atom stereocenters. The molecule has 0 aliphatic heterocycles. The van der Waals surface area contributed by atoms with E-state index in [1.165, 1.54) is 25.7 Å². The molecule has 0 heterocycles. The maximum atomic E-state index is 5.87. The van der Waals surface area contributed by atoms with Crippen LogP contribution in [0.5, 0.6) is 11.5 Å². The van der Waals surface area contributed by atoms with Crippen LogP contribution < -0.4 is 15.2 Å². The average molecular weight is 249 g/mol. The summed E-state index contributed by atoms with van der Waals surface area (Å²) >= 11 is 0. The van der Waals surface area contributed by atoms with Gasteiger partial charge in [0, 0.05) is 12.0 Å². The van der Waals surface area contributed by atoms with Crippen molar-refractivity contribution in [3.63, 3.8) is 0 Å². The summed E-state index contributed by atoms with van der Waals surface area (Å²) in [6.45, 7) is 1.43. The van der Waals surface area contributed by atoms with Crippen molar-refractivity contribution >= 4 is 0 Å². The quantitative estimate of drug-likeness (QED) is 0.843. The van der Waals surface area contributed by atoms with E-state index in [0.29, 0.717) is 19.1 Å². The molecule has 0 aromatic heterocycles. The molecule has 1 unspecified atom stereocenters. The molecule has 1 aromatic rings. The molecule has 0 spiro atoms. The SMILES string of the molecule is COc1cccc(OCC(CN)C2CCCC2)c1. The Bertz CT molecular complexity index is 361. The highest BCUT2D eigenvalue weighted by Crippen LogP contribution is 2.31. The molecule has 0 saturated heterocycles. The average Bonchev–Trinajstić information content (AvgIpc) is 2.94. The summed E-state index contributed by atoms with van der Waals surface area (Å²) in [5, 5.41) is 0. The first kappa shape index (κ1) is 13.2. The zero-order valence-corrected chi connectivity index (χ0v) is 11.1. The largest absolute Gasteiger partial charge is 0.497 e. The minimum atomic E-state index is 0.485. The Morgan fingerprint density at radius 2 is 2.00 bits per heavy atom. The lowest BCUT2D eigenvalue weighted by molar-refractivity contribution is 0.199. The first-order valence-electron chi connectivity index (χ1n) is 6.80. The van der Waals surface area contributed by atoms with Crippen LogP contribution in [-0.4, -0.2) is 20.3 Å². The zero-order valence-electron chi connectivity index (χ0n) is 11.1. The first-order chi connectivity index (χ1) is 8.83. The minimum Gasteiger partial charge on any atom is -0.497 e. The van der Waals surface area contributed by atoms with Crippen LogP contribution in [0.25, 0.3) is 0 Å². The highest BCUT2D eigenvalue weighted by molar-refractivity contribution is 5.32. The number of nitrogens with two attached hydrogens (primary N) is 1. The summed E-state index contributed by atoms with van der Waals surface area (Å²) in [6.07, 6.45) is 5.31. The molecule has 18 heavy (non-hydrogen) atoms. The molecule has 100 valence electrons. The van der Waals surface area contributed by atoms with Gasteiger partial charge in [-0.15, -0.1) is 0 Å². The van der Waals surface area contributed by atoms with E-state index in [0.717, 1.165) is 17.4 Å². The second-order valence-electron chi connectivity index (χ2n) is 5.03. The normalized spacial score (nSPS) is 17.7. The molecule has 3 nitrogen and oxygen atoms in total. The fourth-order valence-electron chi connectivity index (χ4n) is 2.72. The van der Waals surface area contributed by atoms with Gasteiger partial charge in [0.1, 0.15) is 11.5 Å². The maximum absolute atomic E-state index is 5.87. The van der Waals surface area contributed by atoms with Crippen LogP contribution in [0.1, 0.15) is 25.7 Å². The Balaban J connectivity index is 1.88. The van der Waals surface area contributed by atoms with E-state index in [-0.39, 0.29) is 0 Å². The monoisotopic (exact) mass is 249 g/mol. The minimum absolute atomic E-state index is 0.485. The Labute approximate surface area is 109 Å². The van der Waals surface area contributed by atoms with Gasteiger partial charge < -0.3 is 15.2 Å². The molecular weight excluding hydrogens is 226 g/mol. The lowest BCUT2D eigenvalue weighted by Crippen LogP contribution is -2.27. The Hall–Kier alpha value is -1.22. The molecule has 0 bridgehead atoms. The third-order valence-corrected chi connectivity index (χ3v) is 3.87. The van der Waals surface area contributed by atoms with Gasteiger partial charge in [-0.3, -0.25) is 0 Å². The van der Waals surface area contributed by atoms with Gasteiger partial charge in [-0.1, -0.05) is 31.7 Å². The van der Waals surface area contributed by atoms with Crippen molar-refractivity contribution in [3.8, 4) is 11.5 Å². The Morgan fingerprint density at radius 1 is 1.28 bits per heavy atom. The van der Waals surface area contributed by atoms with Gasteiger partial charge in [0.2, 0.25) is 0 Å². The molecule has 3 heteroatoms. The van der Waals surface area contributed by atoms with Gasteiger partial charge in [-0.2, -0.15) is 0 Å². The van der Waals surface area contributed by atoms with Gasteiger partial charge in [0.25, 0.3) is 0 Å². The molecule has 1 aliphatic rings. The van der Waals surface area contributed by atoms with E-state index in [4.69, 9.17) is 15.2 Å². The lowest BCUT2D eigenvalue weighted by atomic mass is 9.92. The smallest absolute Gasteiger partial charge is 0.122 e. The van der Waals surface area contributed by atoms with E-state index in [2.05, 4.69) is 0 Å². The summed E-state index contributed by atoms with van der Waals surface area (Å²) in [6, 6.07) is 7.75. The molecule has 1 saturated carbocycles. The predicted molar refractivity (Wildman–Crippen MR) is 73.0 cm³/mol. The van der Waals surface area contributed by atoms with Crippen LogP contribution in [0.3, 0.4) is 0 Å². The maximum Gasteiger partial charge on any atom is 0.122 e. The van der Waals surface area contributed by atoms with Gasteiger partial charge in [0.15, 0.2) is 0 Å². The number of ether oxygens (including phenoxy) is 2. The number of hydrogen-bond donors (Lipinski definition) is 1. The molecular formula is C15H23NO2. The molecule has 0 radical (unpaired) electrons. The number of hydrogen-bond acceptors (Lipinski definition) is 3. The van der Waals surface area contributed by atoms with Gasteiger partial charge >= 0.3 is 0 Å². The zero-order chi connectivity index (χ0) is 12.8. The van der Waals surface area contributed by atoms with E-state index >= 15 is 0 Å². The van der Waals surface area contributed by atoms with Crippen molar-refractivity contribution in [2.24, 2.45) is 17.6 Å². The number of benzene rings is 1. The molecule has 2 rings (SSSR count). The predicted octanol–water partition coefficient (Wildman–Crippen LogP) is 2.84. The van der Waals surface area contributed by atoms with Crippen molar-refractivity contribution in [1.82, 2.24) is 0 Å². The standard InChI is InChI=1S/C15H23NO2/c1-17-14-7-4-8-15(9-14)18-11-13(10-16)12-5-2-3-6-12/h4,7-9,12-13H,2-3,5-6,10-11,16H2,1H3. The summed E-state index contributed by atoms with van der Waals surface area (Å²) in [4.78, 5) is 0. The summed E-state index contributed by atoms with van der Waals surface area (Å²) in [5.41, 5.74) is 5.87. The van der Waals surface area contributed by atoms with Crippen LogP contribution in [0.15, 0.2) is 24.3 Å².